The fraction of sp³-hybridized carbons (Fsp3) is 0.273. The van der Waals surface area contributed by atoms with Crippen LogP contribution in [0.3, 0.4) is 0 Å². The number of rotatable bonds is 3. The summed E-state index contributed by atoms with van der Waals surface area (Å²) in [6.45, 7) is 0.184. The van der Waals surface area contributed by atoms with Gasteiger partial charge in [0.25, 0.3) is 0 Å². The third kappa shape index (κ3) is 2.61. The van der Waals surface area contributed by atoms with Gasteiger partial charge < -0.3 is 16.0 Å². The first-order valence-electron chi connectivity index (χ1n) is 5.40. The molecular formula is C11H11F3N4O. The Morgan fingerprint density at radius 1 is 1.37 bits per heavy atom. The smallest absolute Gasteiger partial charge is 0.370 e. The van der Waals surface area contributed by atoms with Gasteiger partial charge in [-0.1, -0.05) is 0 Å². The lowest BCUT2D eigenvalue weighted by Crippen LogP contribution is -2.14. The molecule has 1 heterocycles. The largest absolute Gasteiger partial charge is 0.416 e. The zero-order valence-electron chi connectivity index (χ0n) is 9.74. The van der Waals surface area contributed by atoms with Gasteiger partial charge >= 0.3 is 6.18 Å². The quantitative estimate of drug-likeness (QED) is 0.887. The molecule has 1 aromatic carbocycles. The Morgan fingerprint density at radius 2 is 2.05 bits per heavy atom. The minimum atomic E-state index is -4.43. The topological polar surface area (TPSA) is 86.9 Å². The molecule has 0 aliphatic carbocycles. The first kappa shape index (κ1) is 13.2. The normalized spacial score (nSPS) is 11.9. The van der Waals surface area contributed by atoms with Crippen molar-refractivity contribution in [1.82, 2.24) is 9.55 Å². The van der Waals surface area contributed by atoms with Crippen molar-refractivity contribution in [2.24, 2.45) is 5.73 Å². The Hall–Kier alpha value is -2.25. The highest BCUT2D eigenvalue weighted by Crippen LogP contribution is 2.31. The number of benzene rings is 1. The maximum atomic E-state index is 12.6. The molecule has 0 fully saturated rings. The van der Waals surface area contributed by atoms with E-state index in [4.69, 9.17) is 11.5 Å². The van der Waals surface area contributed by atoms with Gasteiger partial charge in [-0.15, -0.1) is 0 Å². The number of halogens is 3. The monoisotopic (exact) mass is 272 g/mol. The van der Waals surface area contributed by atoms with Crippen molar-refractivity contribution in [1.29, 1.82) is 0 Å². The van der Waals surface area contributed by atoms with Gasteiger partial charge in [-0.25, -0.2) is 4.98 Å². The lowest BCUT2D eigenvalue weighted by molar-refractivity contribution is -0.137. The summed E-state index contributed by atoms with van der Waals surface area (Å²) in [5.74, 6) is -0.469. The summed E-state index contributed by atoms with van der Waals surface area (Å²) >= 11 is 0. The zero-order chi connectivity index (χ0) is 14.2. The van der Waals surface area contributed by atoms with Crippen LogP contribution in [0.5, 0.6) is 0 Å². The second kappa shape index (κ2) is 4.45. The van der Waals surface area contributed by atoms with E-state index < -0.39 is 17.6 Å². The van der Waals surface area contributed by atoms with Crippen LogP contribution >= 0.6 is 0 Å². The highest BCUT2D eigenvalue weighted by atomic mass is 19.4. The van der Waals surface area contributed by atoms with Crippen LogP contribution in [0.1, 0.15) is 12.0 Å². The van der Waals surface area contributed by atoms with E-state index in [1.807, 2.05) is 0 Å². The van der Waals surface area contributed by atoms with Crippen LogP contribution in [-0.2, 0) is 17.5 Å². The Labute approximate surface area is 106 Å². The molecule has 8 heteroatoms. The van der Waals surface area contributed by atoms with Crippen molar-refractivity contribution in [2.45, 2.75) is 19.1 Å². The number of carbonyl (C=O) groups is 1. The Balaban J connectivity index is 2.45. The number of nitrogens with zero attached hydrogens (tertiary/aromatic N) is 2. The SMILES string of the molecule is NC(=O)CCn1c(N)nc2cc(C(F)(F)F)ccc21. The molecule has 1 aromatic heterocycles. The molecule has 0 radical (unpaired) electrons. The van der Waals surface area contributed by atoms with Gasteiger partial charge in [0, 0.05) is 13.0 Å². The van der Waals surface area contributed by atoms with Crippen molar-refractivity contribution in [3.05, 3.63) is 23.8 Å². The van der Waals surface area contributed by atoms with Crippen molar-refractivity contribution < 1.29 is 18.0 Å². The highest BCUT2D eigenvalue weighted by Gasteiger charge is 2.31. The van der Waals surface area contributed by atoms with Crippen LogP contribution < -0.4 is 11.5 Å². The van der Waals surface area contributed by atoms with E-state index >= 15 is 0 Å². The fourth-order valence-corrected chi connectivity index (χ4v) is 1.78. The molecular weight excluding hydrogens is 261 g/mol. The van der Waals surface area contributed by atoms with Crippen molar-refractivity contribution in [3.8, 4) is 0 Å². The van der Waals surface area contributed by atoms with Crippen LogP contribution in [0.4, 0.5) is 19.1 Å². The molecule has 102 valence electrons. The summed E-state index contributed by atoms with van der Waals surface area (Å²) in [6.07, 6.45) is -4.39. The van der Waals surface area contributed by atoms with E-state index in [0.717, 1.165) is 12.1 Å². The minimum absolute atomic E-state index is 0.0384. The number of anilines is 1. The van der Waals surface area contributed by atoms with Crippen LogP contribution in [0.15, 0.2) is 18.2 Å². The first-order chi connectivity index (χ1) is 8.79. The third-order valence-electron chi connectivity index (χ3n) is 2.69. The number of nitrogen functional groups attached to an aromatic ring is 1. The molecule has 0 saturated carbocycles. The molecule has 1 amide bonds. The number of alkyl halides is 3. The van der Waals surface area contributed by atoms with Crippen molar-refractivity contribution in [2.75, 3.05) is 5.73 Å². The van der Waals surface area contributed by atoms with Crippen molar-refractivity contribution >= 4 is 22.9 Å². The average molecular weight is 272 g/mol. The van der Waals surface area contributed by atoms with E-state index in [2.05, 4.69) is 4.98 Å². The van der Waals surface area contributed by atoms with Crippen LogP contribution in [0.25, 0.3) is 11.0 Å². The number of imidazole rings is 1. The number of hydrogen-bond donors (Lipinski definition) is 2. The molecule has 4 N–H and O–H groups in total. The molecule has 0 aliphatic rings. The predicted octanol–water partition coefficient (Wildman–Crippen LogP) is 1.51. The van der Waals surface area contributed by atoms with Gasteiger partial charge in [-0.05, 0) is 18.2 Å². The van der Waals surface area contributed by atoms with Crippen LogP contribution in [0, 0.1) is 0 Å². The zero-order valence-corrected chi connectivity index (χ0v) is 9.74. The maximum absolute atomic E-state index is 12.6. The van der Waals surface area contributed by atoms with E-state index in [-0.39, 0.29) is 24.4 Å². The Kier molecular flexibility index (Phi) is 3.09. The van der Waals surface area contributed by atoms with E-state index in [1.165, 1.54) is 10.6 Å². The number of aromatic nitrogens is 2. The molecule has 19 heavy (non-hydrogen) atoms. The van der Waals surface area contributed by atoms with Gasteiger partial charge in [0.1, 0.15) is 0 Å². The molecule has 0 atom stereocenters. The number of fused-ring (bicyclic) bond motifs is 1. The maximum Gasteiger partial charge on any atom is 0.416 e. The third-order valence-corrected chi connectivity index (χ3v) is 2.69. The molecule has 0 spiro atoms. The summed E-state index contributed by atoms with van der Waals surface area (Å²) in [4.78, 5) is 14.6. The second-order valence-corrected chi connectivity index (χ2v) is 4.04. The number of nitrogens with two attached hydrogens (primary N) is 2. The van der Waals surface area contributed by atoms with E-state index in [9.17, 15) is 18.0 Å². The standard InChI is InChI=1S/C11H11F3N4O/c12-11(13,14)6-1-2-8-7(5-6)17-10(16)18(8)4-3-9(15)19/h1-2,5H,3-4H2,(H2,15,19)(H2,16,17). The molecule has 0 unspecified atom stereocenters. The average Bonchev–Trinajstić information content (AvgIpc) is 2.59. The molecule has 0 bridgehead atoms. The van der Waals surface area contributed by atoms with Crippen molar-refractivity contribution in [3.63, 3.8) is 0 Å². The molecule has 0 saturated heterocycles. The number of hydrogen-bond acceptors (Lipinski definition) is 3. The first-order valence-corrected chi connectivity index (χ1v) is 5.40. The number of amides is 1. The summed E-state index contributed by atoms with van der Waals surface area (Å²) in [7, 11) is 0. The predicted molar refractivity (Wildman–Crippen MR) is 63.0 cm³/mol. The van der Waals surface area contributed by atoms with E-state index in [0.29, 0.717) is 5.52 Å². The lowest BCUT2D eigenvalue weighted by atomic mass is 10.2. The molecule has 0 aliphatic heterocycles. The molecule has 2 aromatic rings. The Morgan fingerprint density at radius 3 is 2.63 bits per heavy atom. The number of aryl methyl sites for hydroxylation is 1. The number of primary amides is 1. The van der Waals surface area contributed by atoms with Gasteiger partial charge in [0.2, 0.25) is 11.9 Å². The summed E-state index contributed by atoms with van der Waals surface area (Å²) in [6, 6.07) is 3.15. The van der Waals surface area contributed by atoms with E-state index in [1.54, 1.807) is 0 Å². The summed E-state index contributed by atoms with van der Waals surface area (Å²) < 4.78 is 39.1. The van der Waals surface area contributed by atoms with Gasteiger partial charge in [-0.3, -0.25) is 4.79 Å². The minimum Gasteiger partial charge on any atom is -0.370 e. The lowest BCUT2D eigenvalue weighted by Gasteiger charge is -2.07. The number of carbonyl (C=O) groups excluding carboxylic acids is 1. The van der Waals surface area contributed by atoms with Gasteiger partial charge in [0.05, 0.1) is 16.6 Å². The Bertz CT molecular complexity index is 633. The van der Waals surface area contributed by atoms with Crippen LogP contribution in [-0.4, -0.2) is 15.5 Å². The highest BCUT2D eigenvalue weighted by molar-refractivity contribution is 5.80. The summed E-state index contributed by atoms with van der Waals surface area (Å²) in [5.41, 5.74) is 10.4. The fourth-order valence-electron chi connectivity index (χ4n) is 1.78. The molecule has 2 rings (SSSR count). The summed E-state index contributed by atoms with van der Waals surface area (Å²) in [5, 5.41) is 0. The van der Waals surface area contributed by atoms with Crippen LogP contribution in [0.2, 0.25) is 0 Å². The second-order valence-electron chi connectivity index (χ2n) is 4.04. The van der Waals surface area contributed by atoms with Gasteiger partial charge in [-0.2, -0.15) is 13.2 Å². The van der Waals surface area contributed by atoms with Gasteiger partial charge in [0.15, 0.2) is 0 Å². The molecule has 5 nitrogen and oxygen atoms in total.